The normalized spacial score (nSPS) is 40.6. The van der Waals surface area contributed by atoms with Crippen LogP contribution in [0.4, 0.5) is 8.78 Å². The lowest BCUT2D eigenvalue weighted by Crippen LogP contribution is -2.73. The maximum Gasteiger partial charge on any atom is 0.229 e. The fourth-order valence-electron chi connectivity index (χ4n) is 9.30. The Hall–Kier alpha value is -1.52. The topological polar surface area (TPSA) is 130 Å². The molecule has 7 atom stereocenters. The number of nitrogens with one attached hydrogen (secondary N) is 4. The largest absolute Gasteiger partial charge is 0.378 e. The van der Waals surface area contributed by atoms with Crippen LogP contribution in [-0.2, 0) is 14.3 Å². The smallest absolute Gasteiger partial charge is 0.229 e. The quantitative estimate of drug-likeness (QED) is 0.241. The Labute approximate surface area is 259 Å². The molecule has 7 fully saturated rings. The molecular weight excluding hydrogens is 572 g/mol. The van der Waals surface area contributed by atoms with Crippen molar-refractivity contribution in [2.45, 2.75) is 80.8 Å². The van der Waals surface area contributed by atoms with Crippen molar-refractivity contribution in [3.8, 4) is 0 Å². The van der Waals surface area contributed by atoms with Crippen molar-refractivity contribution in [3.05, 3.63) is 0 Å². The van der Waals surface area contributed by atoms with Gasteiger partial charge in [-0.2, -0.15) is 0 Å². The van der Waals surface area contributed by atoms with E-state index in [0.717, 1.165) is 65.1 Å². The minimum atomic E-state index is -1.15. The molecule has 6 heterocycles. The minimum Gasteiger partial charge on any atom is -0.378 e. The minimum absolute atomic E-state index is 0.0471. The van der Waals surface area contributed by atoms with E-state index in [2.05, 4.69) is 31.2 Å². The summed E-state index contributed by atoms with van der Waals surface area (Å²) in [5, 5.41) is 11.7. The van der Waals surface area contributed by atoms with E-state index in [0.29, 0.717) is 38.5 Å². The number of likely N-dealkylation sites (tertiary alicyclic amines) is 1. The first-order valence-corrected chi connectivity index (χ1v) is 17.0. The molecule has 0 aromatic heterocycles. The number of hydrogen-bond acceptors (Lipinski definition) is 10. The van der Waals surface area contributed by atoms with Crippen LogP contribution in [-0.4, -0.2) is 152 Å². The van der Waals surface area contributed by atoms with Gasteiger partial charge in [-0.25, -0.2) is 19.2 Å². The van der Waals surface area contributed by atoms with Crippen molar-refractivity contribution in [3.63, 3.8) is 0 Å². The molecule has 6 saturated heterocycles. The molecule has 1 saturated carbocycles. The van der Waals surface area contributed by atoms with Crippen LogP contribution in [0.15, 0.2) is 0 Å². The van der Waals surface area contributed by atoms with Crippen molar-refractivity contribution >= 4 is 11.8 Å². The average Bonchev–Trinajstić information content (AvgIpc) is 3.63. The number of carbonyl (C=O) groups excluding carboxylic acids is 2. The number of rotatable bonds is 6. The summed E-state index contributed by atoms with van der Waals surface area (Å²) in [4.78, 5) is 34.1. The number of piperazine rings is 1. The van der Waals surface area contributed by atoms with E-state index in [9.17, 15) is 14.0 Å². The summed E-state index contributed by atoms with van der Waals surface area (Å²) in [7, 11) is 0. The zero-order valence-corrected chi connectivity index (χ0v) is 25.8. The Balaban J connectivity index is 0.986. The molecule has 7 aliphatic rings. The molecule has 6 aliphatic heterocycles. The van der Waals surface area contributed by atoms with E-state index < -0.39 is 42.2 Å². The van der Waals surface area contributed by atoms with E-state index in [1.807, 2.05) is 9.91 Å². The summed E-state index contributed by atoms with van der Waals surface area (Å²) >= 11 is 0. The summed E-state index contributed by atoms with van der Waals surface area (Å²) < 4.78 is 35.5. The second-order valence-corrected chi connectivity index (χ2v) is 14.2. The predicted molar refractivity (Wildman–Crippen MR) is 159 cm³/mol. The van der Waals surface area contributed by atoms with E-state index in [4.69, 9.17) is 10.5 Å². The fraction of sp³-hybridized carbons (Fsp3) is 0.933. The number of nitrogens with zero attached hydrogens (tertiary/aromatic N) is 4. The SMILES string of the molecule is NC1NN2CC(F)CNC2(C2CCCC2)C1C(=O)NC1CNCC(F)C1N1CCC(C(=O)N2CCN(C3COC3)CC2)CC1. The van der Waals surface area contributed by atoms with Crippen molar-refractivity contribution in [2.75, 3.05) is 78.7 Å². The Bertz CT molecular complexity index is 1040. The number of halogens is 2. The number of amides is 2. The van der Waals surface area contributed by atoms with E-state index in [1.54, 1.807) is 0 Å². The van der Waals surface area contributed by atoms with Crippen molar-refractivity contribution in [1.82, 2.24) is 41.1 Å². The van der Waals surface area contributed by atoms with E-state index in [1.165, 1.54) is 0 Å². The zero-order valence-electron chi connectivity index (χ0n) is 25.8. The molecule has 12 nitrogen and oxygen atoms in total. The highest BCUT2D eigenvalue weighted by Gasteiger charge is 2.62. The highest BCUT2D eigenvalue weighted by molar-refractivity contribution is 5.82. The van der Waals surface area contributed by atoms with Crippen LogP contribution >= 0.6 is 0 Å². The summed E-state index contributed by atoms with van der Waals surface area (Å²) in [5.74, 6) is -0.504. The molecular formula is C30H51F2N9O3. The van der Waals surface area contributed by atoms with Crippen LogP contribution in [0.1, 0.15) is 38.5 Å². The van der Waals surface area contributed by atoms with E-state index in [-0.39, 0.29) is 43.3 Å². The van der Waals surface area contributed by atoms with E-state index >= 15 is 4.39 Å². The molecule has 248 valence electrons. The lowest BCUT2D eigenvalue weighted by Gasteiger charge is -2.50. The molecule has 0 bridgehead atoms. The summed E-state index contributed by atoms with van der Waals surface area (Å²) in [5.41, 5.74) is 9.02. The predicted octanol–water partition coefficient (Wildman–Crippen LogP) is -1.41. The lowest BCUT2D eigenvalue weighted by atomic mass is 9.77. The first kappa shape index (κ1) is 31.1. The summed E-state index contributed by atoms with van der Waals surface area (Å²) in [6.45, 7) is 7.18. The number of hydrazine groups is 1. The number of fused-ring (bicyclic) bond motifs is 1. The monoisotopic (exact) mass is 623 g/mol. The summed E-state index contributed by atoms with van der Waals surface area (Å²) in [6.07, 6.45) is 2.58. The van der Waals surface area contributed by atoms with Gasteiger partial charge in [0.25, 0.3) is 0 Å². The van der Waals surface area contributed by atoms with Crippen molar-refractivity contribution in [2.24, 2.45) is 23.5 Å². The Morgan fingerprint density at radius 3 is 2.32 bits per heavy atom. The first-order chi connectivity index (χ1) is 21.3. The lowest BCUT2D eigenvalue weighted by molar-refractivity contribution is -0.141. The molecule has 6 N–H and O–H groups in total. The number of ether oxygens (including phenoxy) is 1. The maximum atomic E-state index is 15.7. The fourth-order valence-corrected chi connectivity index (χ4v) is 9.30. The van der Waals surface area contributed by atoms with Gasteiger partial charge in [0, 0.05) is 58.3 Å². The van der Waals surface area contributed by atoms with Gasteiger partial charge in [-0.05, 0) is 44.7 Å². The highest BCUT2D eigenvalue weighted by Crippen LogP contribution is 2.45. The maximum absolute atomic E-state index is 15.7. The number of nitrogens with two attached hydrogens (primary N) is 1. The Morgan fingerprint density at radius 2 is 1.64 bits per heavy atom. The molecule has 0 aromatic rings. The summed E-state index contributed by atoms with van der Waals surface area (Å²) in [6, 6.07) is -0.429. The second-order valence-electron chi connectivity index (χ2n) is 14.2. The number of piperidine rings is 2. The third-order valence-corrected chi connectivity index (χ3v) is 11.7. The van der Waals surface area contributed by atoms with Gasteiger partial charge in [0.2, 0.25) is 11.8 Å². The van der Waals surface area contributed by atoms with Crippen LogP contribution in [0, 0.1) is 17.8 Å². The molecule has 2 amide bonds. The van der Waals surface area contributed by atoms with Crippen LogP contribution in [0.2, 0.25) is 0 Å². The van der Waals surface area contributed by atoms with Crippen LogP contribution in [0.3, 0.4) is 0 Å². The molecule has 0 radical (unpaired) electrons. The zero-order chi connectivity index (χ0) is 30.4. The molecule has 0 spiro atoms. The Kier molecular flexibility index (Phi) is 9.14. The van der Waals surface area contributed by atoms with Crippen LogP contribution < -0.4 is 27.1 Å². The van der Waals surface area contributed by atoms with Gasteiger partial charge in [0.05, 0.1) is 37.5 Å². The van der Waals surface area contributed by atoms with Gasteiger partial charge < -0.3 is 26.0 Å². The second kappa shape index (κ2) is 12.9. The van der Waals surface area contributed by atoms with Gasteiger partial charge in [-0.3, -0.25) is 24.7 Å². The first-order valence-electron chi connectivity index (χ1n) is 17.0. The van der Waals surface area contributed by atoms with Gasteiger partial charge in [0.1, 0.15) is 23.9 Å². The van der Waals surface area contributed by atoms with Gasteiger partial charge in [-0.15, -0.1) is 0 Å². The van der Waals surface area contributed by atoms with Crippen molar-refractivity contribution < 1.29 is 23.1 Å². The third-order valence-electron chi connectivity index (χ3n) is 11.7. The van der Waals surface area contributed by atoms with Crippen molar-refractivity contribution in [1.29, 1.82) is 0 Å². The number of carbonyl (C=O) groups is 2. The van der Waals surface area contributed by atoms with Crippen LogP contribution in [0.5, 0.6) is 0 Å². The third kappa shape index (κ3) is 5.67. The number of alkyl halides is 2. The molecule has 0 aromatic carbocycles. The molecule has 7 rings (SSSR count). The van der Waals surface area contributed by atoms with Crippen LogP contribution in [0.25, 0.3) is 0 Å². The Morgan fingerprint density at radius 1 is 0.909 bits per heavy atom. The number of hydrogen-bond donors (Lipinski definition) is 5. The molecule has 14 heteroatoms. The highest BCUT2D eigenvalue weighted by atomic mass is 19.1. The molecule has 44 heavy (non-hydrogen) atoms. The van der Waals surface area contributed by atoms with Gasteiger partial charge in [-0.1, -0.05) is 12.8 Å². The van der Waals surface area contributed by atoms with Gasteiger partial charge >= 0.3 is 0 Å². The van der Waals surface area contributed by atoms with Gasteiger partial charge in [0.15, 0.2) is 0 Å². The average molecular weight is 624 g/mol. The molecule has 1 aliphatic carbocycles. The molecule has 7 unspecified atom stereocenters. The standard InChI is InChI=1S/C30H51F2N9O3/c31-21-13-35-30(20-3-1-2-4-20)25(27(33)37-41(30)16-21)28(42)36-24-15-34-14-23(32)26(24)39-7-5-19(6-8-39)29(43)40-11-9-38(10-12-40)22-17-44-18-22/h19-27,34-35,37H,1-18,33H2,(H,36,42).